The summed E-state index contributed by atoms with van der Waals surface area (Å²) < 4.78 is 1.90. The number of nitrogens with two attached hydrogens (primary N) is 1. The fourth-order valence-electron chi connectivity index (χ4n) is 4.78. The molecule has 4 rings (SSSR count). The lowest BCUT2D eigenvalue weighted by atomic mass is 9.93. The van der Waals surface area contributed by atoms with Gasteiger partial charge in [0.1, 0.15) is 0 Å². The zero-order chi connectivity index (χ0) is 21.8. The average molecular weight is 425 g/mol. The molecule has 0 bridgehead atoms. The molecule has 0 radical (unpaired) electrons. The van der Waals surface area contributed by atoms with E-state index in [-0.39, 0.29) is 23.9 Å². The van der Waals surface area contributed by atoms with Gasteiger partial charge in [-0.3, -0.25) is 14.4 Å². The van der Waals surface area contributed by atoms with E-state index in [2.05, 4.69) is 32.8 Å². The molecule has 4 N–H and O–H groups in total. The molecule has 0 saturated carbocycles. The Balaban J connectivity index is 1.29. The number of aryl methyl sites for hydroxylation is 1. The number of amides is 3. The second-order valence-electron chi connectivity index (χ2n) is 8.74. The second-order valence-corrected chi connectivity index (χ2v) is 8.74. The lowest BCUT2D eigenvalue weighted by molar-refractivity contribution is -0.123. The summed E-state index contributed by atoms with van der Waals surface area (Å²) in [7, 11) is 1.95. The van der Waals surface area contributed by atoms with Crippen LogP contribution < -0.4 is 16.4 Å². The first-order chi connectivity index (χ1) is 15.0. The van der Waals surface area contributed by atoms with Gasteiger partial charge < -0.3 is 16.4 Å². The quantitative estimate of drug-likeness (QED) is 0.659. The van der Waals surface area contributed by atoms with Gasteiger partial charge >= 0.3 is 6.03 Å². The third kappa shape index (κ3) is 5.25. The Morgan fingerprint density at radius 2 is 2.06 bits per heavy atom. The number of likely N-dealkylation sites (tertiary alicyclic amines) is 1. The first kappa shape index (κ1) is 21.4. The number of urea groups is 1. The molecule has 2 aromatic rings. The van der Waals surface area contributed by atoms with Crippen molar-refractivity contribution in [1.29, 1.82) is 0 Å². The van der Waals surface area contributed by atoms with Crippen molar-refractivity contribution in [1.82, 2.24) is 25.3 Å². The monoisotopic (exact) mass is 424 g/mol. The standard InChI is InChI=1S/C23H32N6O2/c1-28-21-9-3-8-20(19(21)13-26-28)27-23(31)25-12-16-5-2-6-17(11-16)14-29-10-4-7-18(15-29)22(24)30/h2,5-6,11,13,18,20H,3-4,7-10,12,14-15H2,1H3,(H2,24,30)(H2,25,27,31). The highest BCUT2D eigenvalue weighted by molar-refractivity contribution is 5.77. The summed E-state index contributed by atoms with van der Waals surface area (Å²) in [6, 6.07) is 8.10. The van der Waals surface area contributed by atoms with E-state index in [1.807, 2.05) is 30.1 Å². The maximum atomic E-state index is 12.5. The third-order valence-electron chi connectivity index (χ3n) is 6.44. The number of hydrogen-bond acceptors (Lipinski definition) is 4. The summed E-state index contributed by atoms with van der Waals surface area (Å²) in [5.41, 5.74) is 10.1. The van der Waals surface area contributed by atoms with Gasteiger partial charge in [0, 0.05) is 37.9 Å². The molecule has 3 amide bonds. The predicted octanol–water partition coefficient (Wildman–Crippen LogP) is 1.99. The lowest BCUT2D eigenvalue weighted by Crippen LogP contribution is -2.40. The second kappa shape index (κ2) is 9.51. The van der Waals surface area contributed by atoms with Gasteiger partial charge in [0.25, 0.3) is 0 Å². The van der Waals surface area contributed by atoms with E-state index in [0.717, 1.165) is 62.9 Å². The summed E-state index contributed by atoms with van der Waals surface area (Å²) in [6.45, 7) is 2.95. The van der Waals surface area contributed by atoms with Crippen LogP contribution in [0.15, 0.2) is 30.5 Å². The number of rotatable bonds is 6. The van der Waals surface area contributed by atoms with Gasteiger partial charge in [-0.05, 0) is 49.8 Å². The van der Waals surface area contributed by atoms with Crippen LogP contribution in [0.5, 0.6) is 0 Å². The molecule has 1 aromatic heterocycles. The Bertz CT molecular complexity index is 940. The molecule has 1 saturated heterocycles. The maximum absolute atomic E-state index is 12.5. The van der Waals surface area contributed by atoms with Gasteiger partial charge in [-0.25, -0.2) is 4.79 Å². The number of fused-ring (bicyclic) bond motifs is 1. The minimum Gasteiger partial charge on any atom is -0.369 e. The van der Waals surface area contributed by atoms with Gasteiger partial charge in [0.05, 0.1) is 18.2 Å². The van der Waals surface area contributed by atoms with Crippen LogP contribution in [-0.2, 0) is 31.4 Å². The molecule has 1 fully saturated rings. The van der Waals surface area contributed by atoms with Crippen LogP contribution in [0.2, 0.25) is 0 Å². The highest BCUT2D eigenvalue weighted by atomic mass is 16.2. The van der Waals surface area contributed by atoms with E-state index in [0.29, 0.717) is 6.54 Å². The minimum absolute atomic E-state index is 0.0149. The van der Waals surface area contributed by atoms with E-state index in [1.165, 1.54) is 11.3 Å². The molecule has 8 nitrogen and oxygen atoms in total. The SMILES string of the molecule is Cn1ncc2c1CCCC2NC(=O)NCc1cccc(CN2CCCC(C(N)=O)C2)c1. The minimum atomic E-state index is -0.204. The van der Waals surface area contributed by atoms with Crippen molar-refractivity contribution in [2.24, 2.45) is 18.7 Å². The molecule has 2 aliphatic rings. The molecule has 2 atom stereocenters. The summed E-state index contributed by atoms with van der Waals surface area (Å²) in [5.74, 6) is -0.257. The first-order valence-corrected chi connectivity index (χ1v) is 11.1. The fourth-order valence-corrected chi connectivity index (χ4v) is 4.78. The number of nitrogens with zero attached hydrogens (tertiary/aromatic N) is 3. The smallest absolute Gasteiger partial charge is 0.315 e. The number of nitrogens with one attached hydrogen (secondary N) is 2. The summed E-state index contributed by atoms with van der Waals surface area (Å²) in [4.78, 5) is 26.3. The van der Waals surface area contributed by atoms with Gasteiger partial charge in [0.2, 0.25) is 5.91 Å². The Morgan fingerprint density at radius 3 is 2.90 bits per heavy atom. The van der Waals surface area contributed by atoms with Crippen LogP contribution in [0.25, 0.3) is 0 Å². The Kier molecular flexibility index (Phi) is 6.56. The first-order valence-electron chi connectivity index (χ1n) is 11.1. The van der Waals surface area contributed by atoms with Gasteiger partial charge in [-0.1, -0.05) is 24.3 Å². The Labute approximate surface area is 183 Å². The largest absolute Gasteiger partial charge is 0.369 e. The summed E-state index contributed by atoms with van der Waals surface area (Å²) in [6.07, 6.45) is 6.74. The number of aromatic nitrogens is 2. The number of hydrogen-bond donors (Lipinski definition) is 3. The number of carbonyl (C=O) groups is 2. The molecule has 2 heterocycles. The van der Waals surface area contributed by atoms with E-state index < -0.39 is 0 Å². The van der Waals surface area contributed by atoms with Crippen molar-refractivity contribution in [2.75, 3.05) is 13.1 Å². The van der Waals surface area contributed by atoms with Crippen molar-refractivity contribution >= 4 is 11.9 Å². The van der Waals surface area contributed by atoms with E-state index in [1.54, 1.807) is 0 Å². The van der Waals surface area contributed by atoms with Crippen LogP contribution in [-0.4, -0.2) is 39.7 Å². The third-order valence-corrected chi connectivity index (χ3v) is 6.44. The van der Waals surface area contributed by atoms with Crippen molar-refractivity contribution in [3.05, 3.63) is 52.8 Å². The normalized spacial score (nSPS) is 21.3. The van der Waals surface area contributed by atoms with Crippen LogP contribution in [0.3, 0.4) is 0 Å². The molecule has 31 heavy (non-hydrogen) atoms. The molecule has 1 aromatic carbocycles. The molecule has 0 spiro atoms. The van der Waals surface area contributed by atoms with Crippen LogP contribution >= 0.6 is 0 Å². The van der Waals surface area contributed by atoms with Crippen LogP contribution in [0, 0.1) is 5.92 Å². The molecule has 166 valence electrons. The fraction of sp³-hybridized carbons (Fsp3) is 0.522. The molecule has 1 aliphatic heterocycles. The maximum Gasteiger partial charge on any atom is 0.315 e. The number of carbonyl (C=O) groups excluding carboxylic acids is 2. The number of benzene rings is 1. The summed E-state index contributed by atoms with van der Waals surface area (Å²) >= 11 is 0. The molecule has 1 aliphatic carbocycles. The van der Waals surface area contributed by atoms with Gasteiger partial charge in [0.15, 0.2) is 0 Å². The van der Waals surface area contributed by atoms with E-state index in [4.69, 9.17) is 5.73 Å². The zero-order valence-electron chi connectivity index (χ0n) is 18.1. The van der Waals surface area contributed by atoms with E-state index >= 15 is 0 Å². The van der Waals surface area contributed by atoms with Gasteiger partial charge in [-0.15, -0.1) is 0 Å². The van der Waals surface area contributed by atoms with Crippen molar-refractivity contribution < 1.29 is 9.59 Å². The predicted molar refractivity (Wildman–Crippen MR) is 118 cm³/mol. The topological polar surface area (TPSA) is 105 Å². The molecule has 2 unspecified atom stereocenters. The molecular weight excluding hydrogens is 392 g/mol. The molecule has 8 heteroatoms. The van der Waals surface area contributed by atoms with Crippen molar-refractivity contribution in [2.45, 2.75) is 51.2 Å². The highest BCUT2D eigenvalue weighted by Crippen LogP contribution is 2.29. The van der Waals surface area contributed by atoms with Crippen molar-refractivity contribution in [3.63, 3.8) is 0 Å². The van der Waals surface area contributed by atoms with E-state index in [9.17, 15) is 9.59 Å². The van der Waals surface area contributed by atoms with Gasteiger partial charge in [-0.2, -0.15) is 5.10 Å². The average Bonchev–Trinajstić information content (AvgIpc) is 3.15. The van der Waals surface area contributed by atoms with Crippen molar-refractivity contribution in [3.8, 4) is 0 Å². The zero-order valence-corrected chi connectivity index (χ0v) is 18.1. The Morgan fingerprint density at radius 1 is 1.23 bits per heavy atom. The van der Waals surface area contributed by atoms with Crippen LogP contribution in [0.4, 0.5) is 4.79 Å². The Hall–Kier alpha value is -2.87. The lowest BCUT2D eigenvalue weighted by Gasteiger charge is -2.31. The number of piperidine rings is 1. The summed E-state index contributed by atoms with van der Waals surface area (Å²) in [5, 5.41) is 10.4. The highest BCUT2D eigenvalue weighted by Gasteiger charge is 2.25. The molecular formula is C23H32N6O2. The number of primary amides is 1. The van der Waals surface area contributed by atoms with Crippen LogP contribution in [0.1, 0.15) is 54.1 Å².